The number of anilines is 8. The van der Waals surface area contributed by atoms with E-state index >= 15 is 0 Å². The van der Waals surface area contributed by atoms with Crippen molar-refractivity contribution in [2.75, 3.05) is 14.7 Å². The largest absolute Gasteiger partial charge is 0.314 e. The molecule has 59 heavy (non-hydrogen) atoms. The number of allylic oxidation sites excluding steroid dienone is 1. The summed E-state index contributed by atoms with van der Waals surface area (Å²) in [6, 6.07) is 74.5. The Morgan fingerprint density at radius 1 is 0.305 bits per heavy atom. The molecule has 0 bridgehead atoms. The highest BCUT2D eigenvalue weighted by Crippen LogP contribution is 2.46. The highest BCUT2D eigenvalue weighted by molar-refractivity contribution is 7.25. The quantitative estimate of drug-likeness (QED) is 0.144. The number of aryl methyl sites for hydroxylation is 1. The van der Waals surface area contributed by atoms with Crippen LogP contribution in [0.15, 0.2) is 212 Å². The molecule has 282 valence electrons. The van der Waals surface area contributed by atoms with Crippen LogP contribution >= 0.6 is 22.7 Å². The topological polar surface area (TPSA) is 9.72 Å². The minimum atomic E-state index is 0.944. The predicted molar refractivity (Wildman–Crippen MR) is 255 cm³/mol. The molecular weight excluding hydrogens is 755 g/mol. The van der Waals surface area contributed by atoms with Gasteiger partial charge in [0.15, 0.2) is 0 Å². The number of hydrogen-bond donors (Lipinski definition) is 0. The second-order valence-electron chi connectivity index (χ2n) is 14.9. The highest BCUT2D eigenvalue weighted by Gasteiger charge is 2.24. The average Bonchev–Trinajstić information content (AvgIpc) is 3.85. The molecule has 8 aromatic carbocycles. The molecule has 0 spiro atoms. The molecule has 11 rings (SSSR count). The molecule has 3 nitrogen and oxygen atoms in total. The van der Waals surface area contributed by atoms with Gasteiger partial charge in [-0.2, -0.15) is 0 Å². The number of thiophene rings is 2. The van der Waals surface area contributed by atoms with Crippen molar-refractivity contribution in [1.82, 2.24) is 0 Å². The van der Waals surface area contributed by atoms with Gasteiger partial charge in [0.05, 0.1) is 0 Å². The van der Waals surface area contributed by atoms with Gasteiger partial charge in [-0.05, 0) is 139 Å². The van der Waals surface area contributed by atoms with Gasteiger partial charge in [-0.3, -0.25) is 0 Å². The number of fused-ring (bicyclic) bond motifs is 6. The zero-order chi connectivity index (χ0) is 39.1. The molecule has 0 saturated heterocycles. The van der Waals surface area contributed by atoms with E-state index in [0.717, 1.165) is 41.3 Å². The summed E-state index contributed by atoms with van der Waals surface area (Å²) >= 11 is 3.77. The van der Waals surface area contributed by atoms with Crippen LogP contribution in [0, 0.1) is 0 Å². The molecule has 0 saturated carbocycles. The number of benzene rings is 8. The van der Waals surface area contributed by atoms with Crippen molar-refractivity contribution < 1.29 is 0 Å². The Morgan fingerprint density at radius 2 is 0.729 bits per heavy atom. The molecule has 2 heterocycles. The lowest BCUT2D eigenvalue weighted by atomic mass is 9.97. The Balaban J connectivity index is 0.983. The van der Waals surface area contributed by atoms with E-state index < -0.39 is 0 Å². The maximum absolute atomic E-state index is 2.48. The van der Waals surface area contributed by atoms with E-state index in [1.807, 2.05) is 22.7 Å². The molecule has 0 fully saturated rings. The van der Waals surface area contributed by atoms with Crippen molar-refractivity contribution in [2.45, 2.75) is 12.8 Å². The first-order chi connectivity index (χ1) is 29.2. The SMILES string of the molecule is C1=C(N(c2ccccc2)c2ccc3sc4cc(N(c5ccccc5)c5ccccc5)ccc4c3c2)CCc2c1sc1ccc(N(c3ccccc3)c3ccccc3)cc21. The van der Waals surface area contributed by atoms with Crippen molar-refractivity contribution in [3.05, 3.63) is 222 Å². The summed E-state index contributed by atoms with van der Waals surface area (Å²) in [5.41, 5.74) is 12.0. The van der Waals surface area contributed by atoms with Crippen LogP contribution in [-0.4, -0.2) is 0 Å². The zero-order valence-electron chi connectivity index (χ0n) is 32.3. The number of nitrogens with zero attached hydrogens (tertiary/aromatic N) is 3. The summed E-state index contributed by atoms with van der Waals surface area (Å²) in [4.78, 5) is 8.53. The van der Waals surface area contributed by atoms with Gasteiger partial charge < -0.3 is 14.7 Å². The lowest BCUT2D eigenvalue weighted by molar-refractivity contribution is 0.906. The first-order valence-corrected chi connectivity index (χ1v) is 21.8. The van der Waals surface area contributed by atoms with Gasteiger partial charge in [-0.1, -0.05) is 97.1 Å². The first-order valence-electron chi connectivity index (χ1n) is 20.1. The molecule has 0 radical (unpaired) electrons. The van der Waals surface area contributed by atoms with Crippen molar-refractivity contribution >= 4 is 105 Å². The monoisotopic (exact) mass is 793 g/mol. The van der Waals surface area contributed by atoms with Gasteiger partial charge in [0.1, 0.15) is 0 Å². The Kier molecular flexibility index (Phi) is 9.03. The fraction of sp³-hybridized carbons (Fsp3) is 0.0370. The van der Waals surface area contributed by atoms with E-state index in [4.69, 9.17) is 0 Å². The van der Waals surface area contributed by atoms with Crippen LogP contribution in [0.3, 0.4) is 0 Å². The lowest BCUT2D eigenvalue weighted by Gasteiger charge is -2.30. The molecule has 1 aliphatic rings. The molecule has 0 unspecified atom stereocenters. The van der Waals surface area contributed by atoms with Crippen LogP contribution in [0.2, 0.25) is 0 Å². The number of para-hydroxylation sites is 5. The van der Waals surface area contributed by atoms with E-state index in [-0.39, 0.29) is 0 Å². The Labute approximate surface area is 352 Å². The summed E-state index contributed by atoms with van der Waals surface area (Å²) in [6.07, 6.45) is 4.38. The molecule has 0 atom stereocenters. The lowest BCUT2D eigenvalue weighted by Crippen LogP contribution is -2.18. The smallest absolute Gasteiger partial charge is 0.0476 e. The summed E-state index contributed by atoms with van der Waals surface area (Å²) in [7, 11) is 0. The fourth-order valence-corrected chi connectivity index (χ4v) is 10.9. The Morgan fingerprint density at radius 3 is 1.25 bits per heavy atom. The molecule has 0 aliphatic heterocycles. The van der Waals surface area contributed by atoms with Gasteiger partial charge in [0, 0.05) is 80.9 Å². The van der Waals surface area contributed by atoms with Crippen LogP contribution in [0.4, 0.5) is 45.5 Å². The maximum atomic E-state index is 2.48. The number of rotatable bonds is 9. The fourth-order valence-electron chi connectivity index (χ4n) is 8.61. The van der Waals surface area contributed by atoms with E-state index in [9.17, 15) is 0 Å². The normalized spacial score (nSPS) is 12.4. The second-order valence-corrected chi connectivity index (χ2v) is 17.1. The standard InChI is InChI=1S/C54H39N3S2/c1-6-16-38(17-7-1)55(39-18-8-2-9-19-39)43-28-32-51-49(34-43)48-31-27-46(37-54(48)59-51)57(42-24-14-5-15-25-42)44-29-33-52-50(35-44)47-30-26-45(36-53(47)58-52)56(40-20-10-3-11-21-40)41-22-12-4-13-23-41/h1-26,28-30,32-37H,27,31H2. The van der Waals surface area contributed by atoms with Crippen molar-refractivity contribution in [3.63, 3.8) is 0 Å². The molecule has 0 amide bonds. The summed E-state index contributed by atoms with van der Waals surface area (Å²) < 4.78 is 3.90. The zero-order valence-corrected chi connectivity index (χ0v) is 33.9. The summed E-state index contributed by atoms with van der Waals surface area (Å²) in [5, 5.41) is 3.92. The van der Waals surface area contributed by atoms with Gasteiger partial charge in [-0.15, -0.1) is 22.7 Å². The van der Waals surface area contributed by atoms with Crippen LogP contribution in [0.5, 0.6) is 0 Å². The molecule has 10 aromatic rings. The van der Waals surface area contributed by atoms with E-state index in [2.05, 4.69) is 227 Å². The van der Waals surface area contributed by atoms with Crippen LogP contribution in [-0.2, 0) is 6.42 Å². The molecule has 2 aromatic heterocycles. The molecular formula is C54H39N3S2. The van der Waals surface area contributed by atoms with E-state index in [1.165, 1.54) is 63.5 Å². The van der Waals surface area contributed by atoms with Crippen molar-refractivity contribution in [3.8, 4) is 0 Å². The molecule has 0 N–H and O–H groups in total. The molecule has 1 aliphatic carbocycles. The van der Waals surface area contributed by atoms with Crippen LogP contribution in [0.25, 0.3) is 36.3 Å². The van der Waals surface area contributed by atoms with E-state index in [0.29, 0.717) is 0 Å². The summed E-state index contributed by atoms with van der Waals surface area (Å²) in [5.74, 6) is 0. The minimum absolute atomic E-state index is 0.944. The van der Waals surface area contributed by atoms with Gasteiger partial charge in [0.2, 0.25) is 0 Å². The maximum Gasteiger partial charge on any atom is 0.0476 e. The molecule has 5 heteroatoms. The third-order valence-corrected chi connectivity index (χ3v) is 13.6. The Hall–Kier alpha value is -6.92. The van der Waals surface area contributed by atoms with Crippen LogP contribution in [0.1, 0.15) is 16.9 Å². The van der Waals surface area contributed by atoms with Gasteiger partial charge in [-0.25, -0.2) is 0 Å². The van der Waals surface area contributed by atoms with Crippen LogP contribution < -0.4 is 14.7 Å². The number of hydrogen-bond acceptors (Lipinski definition) is 5. The predicted octanol–water partition coefficient (Wildman–Crippen LogP) is 16.3. The minimum Gasteiger partial charge on any atom is -0.314 e. The third kappa shape index (κ3) is 6.55. The first kappa shape index (κ1) is 35.3. The highest BCUT2D eigenvalue weighted by atomic mass is 32.1. The average molecular weight is 794 g/mol. The van der Waals surface area contributed by atoms with Gasteiger partial charge >= 0.3 is 0 Å². The van der Waals surface area contributed by atoms with Gasteiger partial charge in [0.25, 0.3) is 0 Å². The van der Waals surface area contributed by atoms with E-state index in [1.54, 1.807) is 0 Å². The summed E-state index contributed by atoms with van der Waals surface area (Å²) in [6.45, 7) is 0. The van der Waals surface area contributed by atoms with Crippen molar-refractivity contribution in [1.29, 1.82) is 0 Å². The third-order valence-electron chi connectivity index (χ3n) is 11.3. The van der Waals surface area contributed by atoms with Crippen molar-refractivity contribution in [2.24, 2.45) is 0 Å². The second kappa shape index (κ2) is 15.1. The Bertz CT molecular complexity index is 3020.